The third kappa shape index (κ3) is 1.72. The summed E-state index contributed by atoms with van der Waals surface area (Å²) < 4.78 is 11.4. The van der Waals surface area contributed by atoms with Crippen LogP contribution in [-0.4, -0.2) is 74.9 Å². The van der Waals surface area contributed by atoms with Gasteiger partial charge in [-0.1, -0.05) is 12.5 Å². The number of carbonyl (C=O) groups excluding carboxylic acids is 2. The molecule has 8 heteroatoms. The van der Waals surface area contributed by atoms with Gasteiger partial charge in [-0.15, -0.1) is 0 Å². The Morgan fingerprint density at radius 3 is 2.46 bits per heavy atom. The molecule has 154 valence electrons. The fraction of sp³-hybridized carbons (Fsp3) is 0.800. The Bertz CT molecular complexity index is 808. The molecule has 3 aliphatic carbocycles. The van der Waals surface area contributed by atoms with E-state index in [0.29, 0.717) is 0 Å². The smallest absolute Gasteiger partial charge is 0.335 e. The topological polar surface area (TPSA) is 134 Å². The van der Waals surface area contributed by atoms with E-state index in [4.69, 9.17) is 9.47 Å². The van der Waals surface area contributed by atoms with Crippen molar-refractivity contribution in [3.63, 3.8) is 0 Å². The third-order valence-corrected chi connectivity index (χ3v) is 8.70. The molecule has 0 amide bonds. The fourth-order valence-electron chi connectivity index (χ4n) is 7.61. The molecule has 2 aliphatic heterocycles. The van der Waals surface area contributed by atoms with Crippen LogP contribution >= 0.6 is 0 Å². The summed E-state index contributed by atoms with van der Waals surface area (Å²) in [6.07, 6.45) is -4.52. The molecule has 0 radical (unpaired) electrons. The average molecular weight is 394 g/mol. The van der Waals surface area contributed by atoms with Crippen LogP contribution in [0.3, 0.4) is 0 Å². The molecule has 5 rings (SSSR count). The lowest BCUT2D eigenvalue weighted by atomic mass is 9.38. The van der Waals surface area contributed by atoms with Gasteiger partial charge in [0.1, 0.15) is 11.7 Å². The van der Waals surface area contributed by atoms with Gasteiger partial charge in [0.25, 0.3) is 0 Å². The first kappa shape index (κ1) is 18.7. The number of ether oxygens (including phenoxy) is 2. The highest BCUT2D eigenvalue weighted by Gasteiger charge is 2.82. The van der Waals surface area contributed by atoms with E-state index in [1.165, 1.54) is 6.08 Å². The van der Waals surface area contributed by atoms with Crippen molar-refractivity contribution in [1.29, 1.82) is 0 Å². The van der Waals surface area contributed by atoms with Crippen LogP contribution in [0.25, 0.3) is 0 Å². The van der Waals surface area contributed by atoms with Crippen LogP contribution in [0.15, 0.2) is 11.6 Å². The quantitative estimate of drug-likeness (QED) is 0.382. The lowest BCUT2D eigenvalue weighted by Crippen LogP contribution is -2.78. The zero-order chi connectivity index (χ0) is 20.4. The van der Waals surface area contributed by atoms with E-state index in [1.54, 1.807) is 20.8 Å². The summed E-state index contributed by atoms with van der Waals surface area (Å²) in [5.41, 5.74) is -2.67. The molecule has 2 saturated carbocycles. The van der Waals surface area contributed by atoms with Crippen LogP contribution < -0.4 is 0 Å². The monoisotopic (exact) mass is 394 g/mol. The molecule has 4 bridgehead atoms. The Morgan fingerprint density at radius 2 is 1.79 bits per heavy atom. The van der Waals surface area contributed by atoms with Gasteiger partial charge >= 0.3 is 5.97 Å². The van der Waals surface area contributed by atoms with Crippen molar-refractivity contribution in [3.05, 3.63) is 11.6 Å². The Kier molecular flexibility index (Phi) is 3.49. The minimum Gasteiger partial charge on any atom is -0.455 e. The number of hydrogen-bond donors (Lipinski definition) is 4. The van der Waals surface area contributed by atoms with Crippen molar-refractivity contribution in [2.24, 2.45) is 28.6 Å². The van der Waals surface area contributed by atoms with Crippen molar-refractivity contribution >= 4 is 11.8 Å². The van der Waals surface area contributed by atoms with Crippen LogP contribution in [0.2, 0.25) is 0 Å². The van der Waals surface area contributed by atoms with Crippen molar-refractivity contribution in [3.8, 4) is 0 Å². The molecule has 0 aromatic rings. The van der Waals surface area contributed by atoms with Crippen LogP contribution in [-0.2, 0) is 19.1 Å². The summed E-state index contributed by atoms with van der Waals surface area (Å²) in [5, 5.41) is 44.4. The lowest BCUT2D eigenvalue weighted by Gasteiger charge is -2.67. The van der Waals surface area contributed by atoms with Gasteiger partial charge in [0, 0.05) is 22.7 Å². The number of carbonyl (C=O) groups is 2. The van der Waals surface area contributed by atoms with Gasteiger partial charge in [-0.3, -0.25) is 4.79 Å². The van der Waals surface area contributed by atoms with Gasteiger partial charge in [0.2, 0.25) is 0 Å². The van der Waals surface area contributed by atoms with E-state index >= 15 is 0 Å². The van der Waals surface area contributed by atoms with E-state index in [-0.39, 0.29) is 18.9 Å². The Hall–Kier alpha value is -1.32. The number of allylic oxidation sites excluding steroid dienone is 1. The number of esters is 1. The van der Waals surface area contributed by atoms with Crippen molar-refractivity contribution in [1.82, 2.24) is 0 Å². The number of aliphatic hydroxyl groups excluding tert-OH is 4. The molecule has 0 aromatic heterocycles. The van der Waals surface area contributed by atoms with Crippen LogP contribution in [0.4, 0.5) is 0 Å². The zero-order valence-electron chi connectivity index (χ0n) is 16.0. The molecule has 28 heavy (non-hydrogen) atoms. The third-order valence-electron chi connectivity index (χ3n) is 8.70. The highest BCUT2D eigenvalue weighted by molar-refractivity contribution is 5.96. The summed E-state index contributed by atoms with van der Waals surface area (Å²) in [5.74, 6) is -3.22. The number of fused-ring (bicyclic) bond motifs is 2. The molecular weight excluding hydrogens is 368 g/mol. The second-order valence-corrected chi connectivity index (χ2v) is 9.70. The molecular formula is C20H26O8. The summed E-state index contributed by atoms with van der Waals surface area (Å²) in [6, 6.07) is 0. The van der Waals surface area contributed by atoms with Crippen LogP contribution in [0.5, 0.6) is 0 Å². The number of rotatable bonds is 0. The zero-order valence-corrected chi connectivity index (χ0v) is 16.0. The van der Waals surface area contributed by atoms with E-state index in [1.807, 2.05) is 0 Å². The molecule has 8 nitrogen and oxygen atoms in total. The molecule has 11 atom stereocenters. The molecule has 1 spiro atoms. The average Bonchev–Trinajstić information content (AvgIpc) is 2.89. The number of aliphatic hydroxyl groups is 4. The molecule has 0 unspecified atom stereocenters. The van der Waals surface area contributed by atoms with Crippen molar-refractivity contribution in [2.45, 2.75) is 63.3 Å². The summed E-state index contributed by atoms with van der Waals surface area (Å²) in [7, 11) is 0. The first-order valence-electron chi connectivity index (χ1n) is 9.80. The summed E-state index contributed by atoms with van der Waals surface area (Å²) in [6.45, 7) is 5.23. The standard InChI is InChI=1S/C20H26O8/c1-7-4-9(21)15(25)18(2)8(7)5-10(22)20-6-27-19(3)14(20)12(24)17(26)28-16(19)11(23)13(18)20/h4,8,10-16,22-25H,5-6H2,1-3H3/t8-,10+,11+,12+,13+,14-,15+,16-,18-,19-,20+/m0/s1. The maximum absolute atomic E-state index is 12.5. The second-order valence-electron chi connectivity index (χ2n) is 9.70. The molecule has 2 saturated heterocycles. The maximum Gasteiger partial charge on any atom is 0.335 e. The van der Waals surface area contributed by atoms with Gasteiger partial charge in [0.15, 0.2) is 18.0 Å². The van der Waals surface area contributed by atoms with Gasteiger partial charge in [-0.05, 0) is 32.3 Å². The highest BCUT2D eigenvalue weighted by atomic mass is 16.6. The van der Waals surface area contributed by atoms with Gasteiger partial charge in [-0.25, -0.2) is 4.79 Å². The van der Waals surface area contributed by atoms with Gasteiger partial charge in [0.05, 0.1) is 18.8 Å². The van der Waals surface area contributed by atoms with E-state index < -0.39 is 70.5 Å². The predicted molar refractivity (Wildman–Crippen MR) is 92.7 cm³/mol. The van der Waals surface area contributed by atoms with Gasteiger partial charge < -0.3 is 29.9 Å². The summed E-state index contributed by atoms with van der Waals surface area (Å²) in [4.78, 5) is 24.8. The molecule has 5 aliphatic rings. The van der Waals surface area contributed by atoms with E-state index in [2.05, 4.69) is 0 Å². The molecule has 4 N–H and O–H groups in total. The molecule has 2 heterocycles. The van der Waals surface area contributed by atoms with Crippen LogP contribution in [0.1, 0.15) is 27.2 Å². The Balaban J connectivity index is 1.77. The second kappa shape index (κ2) is 5.23. The first-order chi connectivity index (χ1) is 13.0. The lowest BCUT2D eigenvalue weighted by molar-refractivity contribution is -0.298. The highest BCUT2D eigenvalue weighted by Crippen LogP contribution is 2.71. The minimum atomic E-state index is -1.51. The fourth-order valence-corrected chi connectivity index (χ4v) is 7.61. The molecule has 4 fully saturated rings. The minimum absolute atomic E-state index is 0.00718. The normalized spacial score (nSPS) is 59.9. The van der Waals surface area contributed by atoms with Gasteiger partial charge in [-0.2, -0.15) is 0 Å². The first-order valence-corrected chi connectivity index (χ1v) is 9.80. The number of hydrogen-bond acceptors (Lipinski definition) is 8. The Labute approximate surface area is 162 Å². The van der Waals surface area contributed by atoms with E-state index in [9.17, 15) is 30.0 Å². The van der Waals surface area contributed by atoms with Crippen LogP contribution in [0, 0.1) is 28.6 Å². The largest absolute Gasteiger partial charge is 0.455 e. The maximum atomic E-state index is 12.5. The number of ketones is 1. The van der Waals surface area contributed by atoms with Crippen molar-refractivity contribution in [2.75, 3.05) is 6.61 Å². The predicted octanol–water partition coefficient (Wildman–Crippen LogP) is -1.07. The molecule has 0 aromatic carbocycles. The summed E-state index contributed by atoms with van der Waals surface area (Å²) >= 11 is 0. The van der Waals surface area contributed by atoms with E-state index in [0.717, 1.165) is 5.57 Å². The SMILES string of the molecule is CC1=CC(=O)[C@@H](O)[C@]2(C)[C@H]3[C@@H](O)[C@@H]4OC(=O)[C@H](O)[C@H]5[C@]4(C)OC[C@@]35[C@H](O)C[C@@H]12. The Morgan fingerprint density at radius 1 is 1.11 bits per heavy atom. The van der Waals surface area contributed by atoms with Crippen molar-refractivity contribution < 1.29 is 39.5 Å².